The molecule has 0 radical (unpaired) electrons. The van der Waals surface area contributed by atoms with Crippen LogP contribution in [0.5, 0.6) is 0 Å². The number of anilines is 1. The second kappa shape index (κ2) is 6.66. The van der Waals surface area contributed by atoms with Crippen molar-refractivity contribution in [3.05, 3.63) is 29.3 Å². The van der Waals surface area contributed by atoms with E-state index in [1.165, 1.54) is 11.4 Å². The van der Waals surface area contributed by atoms with Crippen LogP contribution in [0.3, 0.4) is 0 Å². The topological polar surface area (TPSA) is 66.9 Å². The van der Waals surface area contributed by atoms with Crippen molar-refractivity contribution in [1.29, 1.82) is 0 Å². The fourth-order valence-corrected chi connectivity index (χ4v) is 2.86. The Bertz CT molecular complexity index is 652. The zero-order valence-electron chi connectivity index (χ0n) is 13.2. The number of hydrogen-bond donors (Lipinski definition) is 0. The highest BCUT2D eigenvalue weighted by Crippen LogP contribution is 2.25. The molecule has 1 aromatic rings. The smallest absolute Gasteiger partial charge is 0.256 e. The van der Waals surface area contributed by atoms with Crippen molar-refractivity contribution in [3.63, 3.8) is 0 Å². The van der Waals surface area contributed by atoms with E-state index in [1.807, 2.05) is 13.0 Å². The molecule has 1 fully saturated rings. The van der Waals surface area contributed by atoms with Gasteiger partial charge < -0.3 is 9.64 Å². The number of sulfonamides is 1. The fourth-order valence-electron chi connectivity index (χ4n) is 2.35. The molecule has 0 spiro atoms. The third-order valence-electron chi connectivity index (χ3n) is 3.84. The van der Waals surface area contributed by atoms with Crippen LogP contribution in [-0.2, 0) is 21.2 Å². The van der Waals surface area contributed by atoms with Gasteiger partial charge in [0.2, 0.25) is 10.0 Å². The molecule has 122 valence electrons. The van der Waals surface area contributed by atoms with E-state index in [9.17, 15) is 13.2 Å². The number of amides is 1. The molecule has 0 saturated carbocycles. The lowest BCUT2D eigenvalue weighted by Gasteiger charge is -2.29. The summed E-state index contributed by atoms with van der Waals surface area (Å²) in [7, 11) is -1.96. The largest absolute Gasteiger partial charge is 0.378 e. The monoisotopic (exact) mass is 326 g/mol. The van der Waals surface area contributed by atoms with Crippen LogP contribution in [0, 0.1) is 0 Å². The molecule has 1 aliphatic heterocycles. The first-order valence-corrected chi connectivity index (χ1v) is 9.13. The van der Waals surface area contributed by atoms with Gasteiger partial charge in [0.1, 0.15) is 0 Å². The Labute approximate surface area is 131 Å². The van der Waals surface area contributed by atoms with Gasteiger partial charge >= 0.3 is 0 Å². The highest BCUT2D eigenvalue weighted by molar-refractivity contribution is 7.92. The van der Waals surface area contributed by atoms with Crippen molar-refractivity contribution in [2.45, 2.75) is 13.3 Å². The maximum Gasteiger partial charge on any atom is 0.256 e. The number of morpholine rings is 1. The predicted octanol–water partition coefficient (Wildman–Crippen LogP) is 1.12. The van der Waals surface area contributed by atoms with Crippen molar-refractivity contribution < 1.29 is 17.9 Å². The van der Waals surface area contributed by atoms with Gasteiger partial charge in [-0.3, -0.25) is 9.10 Å². The second-order valence-corrected chi connectivity index (χ2v) is 7.35. The lowest BCUT2D eigenvalue weighted by molar-refractivity contribution is 0.0303. The highest BCUT2D eigenvalue weighted by Gasteiger charge is 2.25. The van der Waals surface area contributed by atoms with Gasteiger partial charge in [-0.05, 0) is 24.1 Å². The summed E-state index contributed by atoms with van der Waals surface area (Å²) < 4.78 is 30.1. The number of carbonyl (C=O) groups is 1. The Kier molecular flexibility index (Phi) is 5.08. The van der Waals surface area contributed by atoms with Gasteiger partial charge in [-0.25, -0.2) is 8.42 Å². The van der Waals surface area contributed by atoms with Crippen LogP contribution >= 0.6 is 0 Å². The quantitative estimate of drug-likeness (QED) is 0.831. The normalized spacial score (nSPS) is 15.7. The number of hydrogen-bond acceptors (Lipinski definition) is 4. The van der Waals surface area contributed by atoms with E-state index in [2.05, 4.69) is 0 Å². The standard InChI is InChI=1S/C15H22N2O4S/c1-4-12-5-6-13(14(11-12)16(2)22(3,19)20)15(18)17-7-9-21-10-8-17/h5-6,11H,4,7-10H2,1-3H3. The highest BCUT2D eigenvalue weighted by atomic mass is 32.2. The molecular weight excluding hydrogens is 304 g/mol. The Balaban J connectivity index is 2.43. The zero-order valence-corrected chi connectivity index (χ0v) is 14.0. The van der Waals surface area contributed by atoms with Gasteiger partial charge in [0.05, 0.1) is 30.7 Å². The van der Waals surface area contributed by atoms with E-state index >= 15 is 0 Å². The zero-order chi connectivity index (χ0) is 16.3. The maximum atomic E-state index is 12.7. The van der Waals surface area contributed by atoms with Crippen molar-refractivity contribution >= 4 is 21.6 Å². The third kappa shape index (κ3) is 3.59. The lowest BCUT2D eigenvalue weighted by atomic mass is 10.1. The molecular formula is C15H22N2O4S. The molecule has 0 unspecified atom stereocenters. The van der Waals surface area contributed by atoms with Crippen LogP contribution in [0.2, 0.25) is 0 Å². The van der Waals surface area contributed by atoms with Gasteiger partial charge in [-0.2, -0.15) is 0 Å². The molecule has 1 aliphatic rings. The summed E-state index contributed by atoms with van der Waals surface area (Å²) in [6.45, 7) is 4.06. The molecule has 0 aliphatic carbocycles. The summed E-state index contributed by atoms with van der Waals surface area (Å²) in [5, 5.41) is 0. The van der Waals surface area contributed by atoms with Crippen LogP contribution in [-0.4, -0.2) is 58.8 Å². The lowest BCUT2D eigenvalue weighted by Crippen LogP contribution is -2.41. The van der Waals surface area contributed by atoms with Crippen LogP contribution in [0.1, 0.15) is 22.8 Å². The van der Waals surface area contributed by atoms with E-state index in [-0.39, 0.29) is 5.91 Å². The molecule has 0 N–H and O–H groups in total. The molecule has 6 nitrogen and oxygen atoms in total. The Hall–Kier alpha value is -1.60. The van der Waals surface area contributed by atoms with Crippen molar-refractivity contribution in [3.8, 4) is 0 Å². The first kappa shape index (κ1) is 16.8. The van der Waals surface area contributed by atoms with E-state index in [0.29, 0.717) is 37.6 Å². The number of nitrogens with zero attached hydrogens (tertiary/aromatic N) is 2. The maximum absolute atomic E-state index is 12.7. The predicted molar refractivity (Wildman–Crippen MR) is 85.8 cm³/mol. The minimum Gasteiger partial charge on any atom is -0.378 e. The minimum atomic E-state index is -3.43. The van der Waals surface area contributed by atoms with E-state index in [0.717, 1.165) is 18.2 Å². The Morgan fingerprint density at radius 1 is 1.32 bits per heavy atom. The van der Waals surface area contributed by atoms with Crippen molar-refractivity contribution in [2.75, 3.05) is 43.9 Å². The molecule has 0 aromatic heterocycles. The van der Waals surface area contributed by atoms with Crippen LogP contribution in [0.15, 0.2) is 18.2 Å². The summed E-state index contributed by atoms with van der Waals surface area (Å²) in [6, 6.07) is 5.36. The van der Waals surface area contributed by atoms with Crippen molar-refractivity contribution in [2.24, 2.45) is 0 Å². The number of carbonyl (C=O) groups excluding carboxylic acids is 1. The minimum absolute atomic E-state index is 0.156. The molecule has 22 heavy (non-hydrogen) atoms. The number of aryl methyl sites for hydroxylation is 1. The average molecular weight is 326 g/mol. The average Bonchev–Trinajstić information content (AvgIpc) is 2.52. The molecule has 1 aromatic carbocycles. The molecule has 0 bridgehead atoms. The fraction of sp³-hybridized carbons (Fsp3) is 0.533. The molecule has 7 heteroatoms. The van der Waals surface area contributed by atoms with Gasteiger partial charge in [0, 0.05) is 20.1 Å². The summed E-state index contributed by atoms with van der Waals surface area (Å²) in [4.78, 5) is 14.4. The summed E-state index contributed by atoms with van der Waals surface area (Å²) in [5.41, 5.74) is 1.83. The Morgan fingerprint density at radius 2 is 1.95 bits per heavy atom. The molecule has 0 atom stereocenters. The SMILES string of the molecule is CCc1ccc(C(=O)N2CCOCC2)c(N(C)S(C)(=O)=O)c1. The first-order valence-electron chi connectivity index (χ1n) is 7.28. The number of benzene rings is 1. The van der Waals surface area contributed by atoms with Crippen LogP contribution in [0.25, 0.3) is 0 Å². The number of rotatable bonds is 4. The second-order valence-electron chi connectivity index (χ2n) is 5.34. The molecule has 1 heterocycles. The van der Waals surface area contributed by atoms with E-state index in [4.69, 9.17) is 4.74 Å². The third-order valence-corrected chi connectivity index (χ3v) is 5.03. The van der Waals surface area contributed by atoms with Gasteiger partial charge in [0.25, 0.3) is 5.91 Å². The first-order chi connectivity index (χ1) is 10.3. The molecule has 1 saturated heterocycles. The van der Waals surface area contributed by atoms with E-state index < -0.39 is 10.0 Å². The van der Waals surface area contributed by atoms with Crippen LogP contribution in [0.4, 0.5) is 5.69 Å². The van der Waals surface area contributed by atoms with Crippen molar-refractivity contribution in [1.82, 2.24) is 4.90 Å². The Morgan fingerprint density at radius 3 is 2.50 bits per heavy atom. The number of ether oxygens (including phenoxy) is 1. The van der Waals surface area contributed by atoms with E-state index in [1.54, 1.807) is 17.0 Å². The van der Waals surface area contributed by atoms with Gasteiger partial charge in [0.15, 0.2) is 0 Å². The summed E-state index contributed by atoms with van der Waals surface area (Å²) in [5.74, 6) is -0.156. The van der Waals surface area contributed by atoms with Crippen LogP contribution < -0.4 is 4.31 Å². The molecule has 1 amide bonds. The molecule has 2 rings (SSSR count). The van der Waals surface area contributed by atoms with Gasteiger partial charge in [-0.15, -0.1) is 0 Å². The van der Waals surface area contributed by atoms with Gasteiger partial charge in [-0.1, -0.05) is 13.0 Å². The summed E-state index contributed by atoms with van der Waals surface area (Å²) in [6.07, 6.45) is 1.91. The summed E-state index contributed by atoms with van der Waals surface area (Å²) >= 11 is 0.